The molecule has 2 N–H and O–H groups in total. The van der Waals surface area contributed by atoms with Crippen LogP contribution in [0.25, 0.3) is 11.4 Å². The highest BCUT2D eigenvalue weighted by molar-refractivity contribution is 7.14. The zero-order valence-corrected chi connectivity index (χ0v) is 19.3. The van der Waals surface area contributed by atoms with Crippen LogP contribution in [0, 0.1) is 0 Å². The first-order valence-corrected chi connectivity index (χ1v) is 11.1. The van der Waals surface area contributed by atoms with Gasteiger partial charge in [-0.2, -0.15) is 0 Å². The fourth-order valence-corrected chi connectivity index (χ4v) is 3.91. The number of carbonyl (C=O) groups is 2. The van der Waals surface area contributed by atoms with Crippen LogP contribution in [0.1, 0.15) is 34.6 Å². The van der Waals surface area contributed by atoms with E-state index in [0.29, 0.717) is 10.8 Å². The number of ether oxygens (including phenoxy) is 2. The number of thiazole rings is 1. The summed E-state index contributed by atoms with van der Waals surface area (Å²) in [6, 6.07) is 5.82. The van der Waals surface area contributed by atoms with E-state index in [0.717, 1.165) is 24.6 Å². The maximum Gasteiger partial charge on any atom is 0.408 e. The molecule has 2 amide bonds. The number of pyridine rings is 1. The van der Waals surface area contributed by atoms with E-state index in [1.807, 2.05) is 23.6 Å². The van der Waals surface area contributed by atoms with Gasteiger partial charge in [-0.15, -0.1) is 11.3 Å². The Morgan fingerprint density at radius 2 is 1.90 bits per heavy atom. The predicted octanol–water partition coefficient (Wildman–Crippen LogP) is 3.28. The Labute approximate surface area is 186 Å². The van der Waals surface area contributed by atoms with Gasteiger partial charge in [-0.05, 0) is 46.8 Å². The number of alkyl carbamates (subject to hydrolysis) is 1. The molecule has 168 valence electrons. The second kappa shape index (κ2) is 9.61. The van der Waals surface area contributed by atoms with Crippen molar-refractivity contribution in [1.82, 2.24) is 15.3 Å². The van der Waals surface area contributed by atoms with Gasteiger partial charge in [-0.3, -0.25) is 4.79 Å². The number of hydrogen-bond donors (Lipinski definition) is 2. The van der Waals surface area contributed by atoms with Gasteiger partial charge in [-0.25, -0.2) is 14.8 Å². The SMILES string of the molecule is C[C@@H]1CN(c2cccc(-c3csc(NC(=O)CNC(=O)OC(C)(C)C)n3)n2)C[C@H](C)O1. The Morgan fingerprint density at radius 3 is 2.58 bits per heavy atom. The molecule has 0 bridgehead atoms. The van der Waals surface area contributed by atoms with Crippen molar-refractivity contribution in [1.29, 1.82) is 0 Å². The lowest BCUT2D eigenvalue weighted by molar-refractivity contribution is -0.115. The van der Waals surface area contributed by atoms with Gasteiger partial charge in [0.25, 0.3) is 0 Å². The Morgan fingerprint density at radius 1 is 1.19 bits per heavy atom. The smallest absolute Gasteiger partial charge is 0.408 e. The third kappa shape index (κ3) is 6.90. The summed E-state index contributed by atoms with van der Waals surface area (Å²) in [7, 11) is 0. The molecule has 1 fully saturated rings. The lowest BCUT2D eigenvalue weighted by Gasteiger charge is -2.36. The molecular formula is C21H29N5O4S. The van der Waals surface area contributed by atoms with Crippen molar-refractivity contribution in [3.8, 4) is 11.4 Å². The van der Waals surface area contributed by atoms with Crippen LogP contribution in [-0.2, 0) is 14.3 Å². The number of aromatic nitrogens is 2. The molecule has 2 aromatic heterocycles. The summed E-state index contributed by atoms with van der Waals surface area (Å²) in [6.45, 7) is 10.7. The maximum absolute atomic E-state index is 12.1. The van der Waals surface area contributed by atoms with E-state index in [4.69, 9.17) is 14.5 Å². The van der Waals surface area contributed by atoms with Crippen LogP contribution in [0.5, 0.6) is 0 Å². The first-order valence-electron chi connectivity index (χ1n) is 10.2. The lowest BCUT2D eigenvalue weighted by Crippen LogP contribution is -2.45. The van der Waals surface area contributed by atoms with Gasteiger partial charge in [0.05, 0.1) is 17.9 Å². The summed E-state index contributed by atoms with van der Waals surface area (Å²) in [5.74, 6) is 0.490. The largest absolute Gasteiger partial charge is 0.444 e. The average Bonchev–Trinajstić information content (AvgIpc) is 3.13. The van der Waals surface area contributed by atoms with Crippen molar-refractivity contribution in [2.24, 2.45) is 0 Å². The number of carbonyl (C=O) groups excluding carboxylic acids is 2. The molecule has 0 aliphatic carbocycles. The third-order valence-electron chi connectivity index (χ3n) is 4.28. The second-order valence-electron chi connectivity index (χ2n) is 8.48. The molecule has 9 nitrogen and oxygen atoms in total. The lowest BCUT2D eigenvalue weighted by atomic mass is 10.2. The highest BCUT2D eigenvalue weighted by atomic mass is 32.1. The molecule has 0 aromatic carbocycles. The summed E-state index contributed by atoms with van der Waals surface area (Å²) < 4.78 is 10.9. The molecule has 10 heteroatoms. The van der Waals surface area contributed by atoms with Crippen LogP contribution in [0.2, 0.25) is 0 Å². The zero-order valence-electron chi connectivity index (χ0n) is 18.5. The Bertz CT molecular complexity index is 916. The molecule has 0 saturated carbocycles. The van der Waals surface area contributed by atoms with E-state index >= 15 is 0 Å². The number of nitrogens with zero attached hydrogens (tertiary/aromatic N) is 3. The summed E-state index contributed by atoms with van der Waals surface area (Å²) in [5, 5.41) is 7.39. The highest BCUT2D eigenvalue weighted by Gasteiger charge is 2.23. The van der Waals surface area contributed by atoms with E-state index < -0.39 is 11.7 Å². The maximum atomic E-state index is 12.1. The van der Waals surface area contributed by atoms with Crippen molar-refractivity contribution in [2.75, 3.05) is 29.9 Å². The van der Waals surface area contributed by atoms with Crippen LogP contribution >= 0.6 is 11.3 Å². The first kappa shape index (κ1) is 23.0. The third-order valence-corrected chi connectivity index (χ3v) is 5.04. The number of anilines is 2. The van der Waals surface area contributed by atoms with Gasteiger partial charge >= 0.3 is 6.09 Å². The molecule has 3 rings (SSSR count). The highest BCUT2D eigenvalue weighted by Crippen LogP contribution is 2.26. The molecule has 0 radical (unpaired) electrons. The topological polar surface area (TPSA) is 106 Å². The minimum Gasteiger partial charge on any atom is -0.444 e. The quantitative estimate of drug-likeness (QED) is 0.724. The molecule has 0 unspecified atom stereocenters. The van der Waals surface area contributed by atoms with Gasteiger partial charge in [-0.1, -0.05) is 6.07 Å². The van der Waals surface area contributed by atoms with Gasteiger partial charge in [0.15, 0.2) is 5.13 Å². The monoisotopic (exact) mass is 447 g/mol. The molecule has 31 heavy (non-hydrogen) atoms. The number of nitrogens with one attached hydrogen (secondary N) is 2. The van der Waals surface area contributed by atoms with E-state index in [9.17, 15) is 9.59 Å². The zero-order chi connectivity index (χ0) is 22.6. The average molecular weight is 448 g/mol. The van der Waals surface area contributed by atoms with E-state index in [-0.39, 0.29) is 24.7 Å². The van der Waals surface area contributed by atoms with Crippen LogP contribution in [0.4, 0.5) is 15.7 Å². The van der Waals surface area contributed by atoms with Gasteiger partial charge < -0.3 is 25.0 Å². The molecule has 2 atom stereocenters. The summed E-state index contributed by atoms with van der Waals surface area (Å²) >= 11 is 1.30. The van der Waals surface area contributed by atoms with Gasteiger partial charge in [0.1, 0.15) is 23.7 Å². The van der Waals surface area contributed by atoms with Crippen molar-refractivity contribution in [3.05, 3.63) is 23.6 Å². The summed E-state index contributed by atoms with van der Waals surface area (Å²) in [6.07, 6.45) is -0.357. The summed E-state index contributed by atoms with van der Waals surface area (Å²) in [4.78, 5) is 35.2. The number of hydrogen-bond acceptors (Lipinski definition) is 8. The summed E-state index contributed by atoms with van der Waals surface area (Å²) in [5.41, 5.74) is 0.786. The van der Waals surface area contributed by atoms with Crippen molar-refractivity contribution in [3.63, 3.8) is 0 Å². The van der Waals surface area contributed by atoms with Gasteiger partial charge in [0.2, 0.25) is 5.91 Å². The minimum atomic E-state index is -0.643. The second-order valence-corrected chi connectivity index (χ2v) is 9.34. The standard InChI is InChI=1S/C21H29N5O4S/c1-13-10-26(11-14(2)29-13)17-8-6-7-15(23-17)16-12-31-19(24-16)25-18(27)9-22-20(28)30-21(3,4)5/h6-8,12-14H,9-11H2,1-5H3,(H,22,28)(H,24,25,27)/t13-,14+. The van der Waals surface area contributed by atoms with Crippen molar-refractivity contribution in [2.45, 2.75) is 52.4 Å². The van der Waals surface area contributed by atoms with E-state index in [1.165, 1.54) is 11.3 Å². The molecule has 1 aliphatic heterocycles. The van der Waals surface area contributed by atoms with E-state index in [1.54, 1.807) is 20.8 Å². The van der Waals surface area contributed by atoms with Gasteiger partial charge in [0, 0.05) is 18.5 Å². The first-order chi connectivity index (χ1) is 14.6. The Kier molecular flexibility index (Phi) is 7.11. The molecule has 3 heterocycles. The number of amides is 2. The fraction of sp³-hybridized carbons (Fsp3) is 0.524. The predicted molar refractivity (Wildman–Crippen MR) is 120 cm³/mol. The van der Waals surface area contributed by atoms with Crippen LogP contribution in [0.15, 0.2) is 23.6 Å². The van der Waals surface area contributed by atoms with Crippen LogP contribution in [-0.4, -0.2) is 59.4 Å². The number of rotatable bonds is 5. The van der Waals surface area contributed by atoms with Crippen LogP contribution in [0.3, 0.4) is 0 Å². The fourth-order valence-electron chi connectivity index (χ4n) is 3.19. The molecular weight excluding hydrogens is 418 g/mol. The normalized spacial score (nSPS) is 19.1. The molecule has 1 saturated heterocycles. The molecule has 2 aromatic rings. The van der Waals surface area contributed by atoms with E-state index in [2.05, 4.69) is 34.4 Å². The molecule has 0 spiro atoms. The molecule has 1 aliphatic rings. The van der Waals surface area contributed by atoms with Crippen molar-refractivity contribution >= 4 is 34.3 Å². The Balaban J connectivity index is 1.59. The van der Waals surface area contributed by atoms with Crippen LogP contribution < -0.4 is 15.5 Å². The Hall–Kier alpha value is -2.72. The van der Waals surface area contributed by atoms with Crippen molar-refractivity contribution < 1.29 is 19.1 Å². The number of morpholine rings is 1. The minimum absolute atomic E-state index is 0.143.